The molecule has 3 nitrogen and oxygen atoms in total. The first-order chi connectivity index (χ1) is 9.84. The molecule has 0 atom stereocenters. The highest BCUT2D eigenvalue weighted by molar-refractivity contribution is 8.00. The molecule has 118 valence electrons. The van der Waals surface area contributed by atoms with Gasteiger partial charge in [-0.2, -0.15) is 11.8 Å². The number of hydrogen-bond acceptors (Lipinski definition) is 3. The molecule has 0 aromatic carbocycles. The van der Waals surface area contributed by atoms with Gasteiger partial charge in [-0.25, -0.2) is 0 Å². The van der Waals surface area contributed by atoms with E-state index in [4.69, 9.17) is 0 Å². The molecule has 2 heterocycles. The third-order valence-electron chi connectivity index (χ3n) is 3.81. The summed E-state index contributed by atoms with van der Waals surface area (Å²) in [7, 11) is 1.88. The first kappa shape index (κ1) is 16.7. The van der Waals surface area contributed by atoms with Crippen molar-refractivity contribution >= 4 is 29.1 Å². The fourth-order valence-corrected chi connectivity index (χ4v) is 4.54. The van der Waals surface area contributed by atoms with Crippen molar-refractivity contribution in [2.24, 2.45) is 4.99 Å². The number of guanidine groups is 1. The van der Waals surface area contributed by atoms with Gasteiger partial charge in [0.25, 0.3) is 0 Å². The van der Waals surface area contributed by atoms with Crippen molar-refractivity contribution in [1.29, 1.82) is 0 Å². The summed E-state index contributed by atoms with van der Waals surface area (Å²) in [6.45, 7) is 12.2. The Hall–Kier alpha value is -0.680. The summed E-state index contributed by atoms with van der Waals surface area (Å²) in [5.74, 6) is 2.20. The van der Waals surface area contributed by atoms with Crippen molar-refractivity contribution in [2.75, 3.05) is 32.4 Å². The van der Waals surface area contributed by atoms with Crippen LogP contribution in [0, 0.1) is 0 Å². The van der Waals surface area contributed by atoms with E-state index in [0.29, 0.717) is 4.75 Å². The molecule has 1 N–H and O–H groups in total. The lowest BCUT2D eigenvalue weighted by atomic mass is 9.91. The molecule has 1 aliphatic heterocycles. The van der Waals surface area contributed by atoms with Crippen LogP contribution in [0.15, 0.2) is 22.5 Å². The second-order valence-corrected chi connectivity index (χ2v) is 9.54. The van der Waals surface area contributed by atoms with E-state index in [1.54, 1.807) is 0 Å². The molecule has 1 saturated heterocycles. The Morgan fingerprint density at radius 3 is 2.81 bits per heavy atom. The summed E-state index contributed by atoms with van der Waals surface area (Å²) in [5.41, 5.74) is 0.129. The summed E-state index contributed by atoms with van der Waals surface area (Å²) in [5, 5.41) is 5.73. The molecule has 0 saturated carbocycles. The highest BCUT2D eigenvalue weighted by Crippen LogP contribution is 2.30. The molecule has 2 rings (SSSR count). The van der Waals surface area contributed by atoms with Gasteiger partial charge in [-0.1, -0.05) is 19.9 Å². The van der Waals surface area contributed by atoms with Gasteiger partial charge < -0.3 is 10.2 Å². The van der Waals surface area contributed by atoms with E-state index < -0.39 is 0 Å². The minimum absolute atomic E-state index is 0.129. The van der Waals surface area contributed by atoms with Crippen LogP contribution in [0.25, 0.3) is 0 Å². The van der Waals surface area contributed by atoms with Crippen molar-refractivity contribution in [3.63, 3.8) is 0 Å². The van der Waals surface area contributed by atoms with Gasteiger partial charge in [-0.05, 0) is 25.3 Å². The molecule has 1 aromatic heterocycles. The Balaban J connectivity index is 1.97. The van der Waals surface area contributed by atoms with Gasteiger partial charge >= 0.3 is 0 Å². The molecule has 1 aromatic rings. The molecular weight excluding hydrogens is 298 g/mol. The minimum Gasteiger partial charge on any atom is -0.355 e. The van der Waals surface area contributed by atoms with Crippen LogP contribution in [0.4, 0.5) is 0 Å². The summed E-state index contributed by atoms with van der Waals surface area (Å²) in [6.07, 6.45) is 0. The summed E-state index contributed by atoms with van der Waals surface area (Å²) in [4.78, 5) is 8.29. The monoisotopic (exact) mass is 325 g/mol. The number of thiophene rings is 1. The lowest BCUT2D eigenvalue weighted by Gasteiger charge is -2.39. The van der Waals surface area contributed by atoms with Crippen molar-refractivity contribution in [1.82, 2.24) is 10.2 Å². The summed E-state index contributed by atoms with van der Waals surface area (Å²) < 4.78 is 0.305. The molecule has 5 heteroatoms. The van der Waals surface area contributed by atoms with Gasteiger partial charge in [0.05, 0.1) is 0 Å². The van der Waals surface area contributed by atoms with E-state index in [1.165, 1.54) is 10.6 Å². The van der Waals surface area contributed by atoms with Crippen molar-refractivity contribution < 1.29 is 0 Å². The molecule has 0 unspecified atom stereocenters. The number of nitrogens with zero attached hydrogens (tertiary/aromatic N) is 2. The van der Waals surface area contributed by atoms with Crippen molar-refractivity contribution in [3.8, 4) is 0 Å². The lowest BCUT2D eigenvalue weighted by molar-refractivity contribution is 0.370. The van der Waals surface area contributed by atoms with Gasteiger partial charge in [0, 0.05) is 47.5 Å². The SMILES string of the molecule is CN=C(NCC(C)(C)c1cccs1)N1CCSC(C)(C)C1. The largest absolute Gasteiger partial charge is 0.355 e. The quantitative estimate of drug-likeness (QED) is 0.681. The van der Waals surface area contributed by atoms with Gasteiger partial charge in [-0.15, -0.1) is 11.3 Å². The number of hydrogen-bond donors (Lipinski definition) is 1. The van der Waals surface area contributed by atoms with Gasteiger partial charge in [0.1, 0.15) is 0 Å². The van der Waals surface area contributed by atoms with Crippen molar-refractivity contribution in [3.05, 3.63) is 22.4 Å². The van der Waals surface area contributed by atoms with Crippen molar-refractivity contribution in [2.45, 2.75) is 37.9 Å². The van der Waals surface area contributed by atoms with E-state index in [0.717, 1.165) is 25.6 Å². The molecule has 1 aliphatic rings. The van der Waals surface area contributed by atoms with Crippen LogP contribution in [0.2, 0.25) is 0 Å². The van der Waals surface area contributed by atoms with Gasteiger partial charge in [-0.3, -0.25) is 4.99 Å². The Kier molecular flexibility index (Phi) is 5.25. The molecule has 0 radical (unpaired) electrons. The average molecular weight is 326 g/mol. The van der Waals surface area contributed by atoms with Crippen LogP contribution in [-0.4, -0.2) is 48.0 Å². The number of aliphatic imine (C=N–C) groups is 1. The Morgan fingerprint density at radius 1 is 1.48 bits per heavy atom. The highest BCUT2D eigenvalue weighted by Gasteiger charge is 2.29. The third-order valence-corrected chi connectivity index (χ3v) is 6.35. The van der Waals surface area contributed by atoms with E-state index in [2.05, 4.69) is 72.2 Å². The minimum atomic E-state index is 0.129. The number of nitrogens with one attached hydrogen (secondary N) is 1. The zero-order valence-corrected chi connectivity index (χ0v) is 15.4. The van der Waals surface area contributed by atoms with Crippen LogP contribution < -0.4 is 5.32 Å². The maximum Gasteiger partial charge on any atom is 0.193 e. The van der Waals surface area contributed by atoms with E-state index in [9.17, 15) is 0 Å². The fourth-order valence-electron chi connectivity index (χ4n) is 2.58. The van der Waals surface area contributed by atoms with E-state index >= 15 is 0 Å². The first-order valence-electron chi connectivity index (χ1n) is 7.48. The molecular formula is C16H27N3S2. The standard InChI is InChI=1S/C16H27N3S2/c1-15(2,13-7-6-9-20-13)11-18-14(17-5)19-8-10-21-16(3,4)12-19/h6-7,9H,8,10-12H2,1-5H3,(H,17,18). The van der Waals surface area contributed by atoms with Crippen LogP contribution in [-0.2, 0) is 5.41 Å². The molecule has 21 heavy (non-hydrogen) atoms. The first-order valence-corrected chi connectivity index (χ1v) is 9.34. The summed E-state index contributed by atoms with van der Waals surface area (Å²) in [6, 6.07) is 4.34. The van der Waals surface area contributed by atoms with Crippen LogP contribution in [0.1, 0.15) is 32.6 Å². The number of rotatable bonds is 3. The van der Waals surface area contributed by atoms with Crippen LogP contribution >= 0.6 is 23.1 Å². The maximum absolute atomic E-state index is 4.49. The van der Waals surface area contributed by atoms with Crippen LogP contribution in [0.3, 0.4) is 0 Å². The smallest absolute Gasteiger partial charge is 0.193 e. The highest BCUT2D eigenvalue weighted by atomic mass is 32.2. The second-order valence-electron chi connectivity index (χ2n) is 6.79. The lowest BCUT2D eigenvalue weighted by Crippen LogP contribution is -2.52. The third kappa shape index (κ3) is 4.39. The molecule has 0 amide bonds. The zero-order valence-electron chi connectivity index (χ0n) is 13.8. The average Bonchev–Trinajstić information content (AvgIpc) is 2.93. The predicted molar refractivity (Wildman–Crippen MR) is 96.8 cm³/mol. The predicted octanol–water partition coefficient (Wildman–Crippen LogP) is 3.43. The Bertz CT molecular complexity index is 478. The molecule has 0 spiro atoms. The number of thioether (sulfide) groups is 1. The molecule has 0 aliphatic carbocycles. The summed E-state index contributed by atoms with van der Waals surface area (Å²) >= 11 is 3.88. The topological polar surface area (TPSA) is 27.6 Å². The second kappa shape index (κ2) is 6.61. The Labute approximate surface area is 137 Å². The molecule has 1 fully saturated rings. The van der Waals surface area contributed by atoms with E-state index in [-0.39, 0.29) is 5.41 Å². The fraction of sp³-hybridized carbons (Fsp3) is 0.688. The van der Waals surface area contributed by atoms with Crippen LogP contribution in [0.5, 0.6) is 0 Å². The normalized spacial score (nSPS) is 19.7. The zero-order chi connectivity index (χ0) is 15.5. The Morgan fingerprint density at radius 2 is 2.24 bits per heavy atom. The van der Waals surface area contributed by atoms with E-state index in [1.807, 2.05) is 18.4 Å². The molecule has 0 bridgehead atoms. The van der Waals surface area contributed by atoms with Gasteiger partial charge in [0.2, 0.25) is 0 Å². The van der Waals surface area contributed by atoms with Gasteiger partial charge in [0.15, 0.2) is 5.96 Å². The maximum atomic E-state index is 4.49.